The summed E-state index contributed by atoms with van der Waals surface area (Å²) in [5.41, 5.74) is 8.29. The van der Waals surface area contributed by atoms with Crippen LogP contribution in [-0.2, 0) is 0 Å². The molecule has 8 heteroatoms. The minimum absolute atomic E-state index is 0.118. The number of methoxy groups -OCH3 is 1. The Kier molecular flexibility index (Phi) is 5.21. The highest BCUT2D eigenvalue weighted by molar-refractivity contribution is 5.89. The average Bonchev–Trinajstić information content (AvgIpc) is 3.39. The number of ether oxygens (including phenoxy) is 1. The lowest BCUT2D eigenvalue weighted by Gasteiger charge is -2.45. The SMILES string of the molecule is COc1ccccc1-c1ccc2c(c1)cc(-c1nc3ncccc3[nH]1)c(=O)n2N[C@H]1CN2CCC1CC2. The van der Waals surface area contributed by atoms with Gasteiger partial charge in [0.25, 0.3) is 5.56 Å². The van der Waals surface area contributed by atoms with E-state index in [1.165, 1.54) is 0 Å². The number of H-pyrrole nitrogens is 1. The minimum atomic E-state index is -0.118. The number of fused-ring (bicyclic) bond motifs is 5. The van der Waals surface area contributed by atoms with Crippen LogP contribution < -0.4 is 15.7 Å². The molecule has 3 aromatic heterocycles. The van der Waals surface area contributed by atoms with E-state index in [4.69, 9.17) is 4.74 Å². The zero-order chi connectivity index (χ0) is 24.9. The third-order valence-electron chi connectivity index (χ3n) is 7.88. The molecule has 8 nitrogen and oxygen atoms in total. The first-order valence-electron chi connectivity index (χ1n) is 12.8. The first-order chi connectivity index (χ1) is 18.2. The molecule has 3 aliphatic rings. The van der Waals surface area contributed by atoms with Crippen LogP contribution in [0.25, 0.3) is 44.6 Å². The third-order valence-corrected chi connectivity index (χ3v) is 7.88. The van der Waals surface area contributed by atoms with Crippen molar-refractivity contribution < 1.29 is 4.74 Å². The third kappa shape index (κ3) is 3.76. The number of aromatic nitrogens is 4. The van der Waals surface area contributed by atoms with Crippen LogP contribution in [0.5, 0.6) is 5.75 Å². The smallest absolute Gasteiger partial charge is 0.280 e. The molecule has 0 aliphatic carbocycles. The van der Waals surface area contributed by atoms with Gasteiger partial charge in [-0.2, -0.15) is 0 Å². The molecule has 6 heterocycles. The Morgan fingerprint density at radius 1 is 1.03 bits per heavy atom. The highest BCUT2D eigenvalue weighted by Gasteiger charge is 2.34. The molecule has 0 spiro atoms. The molecule has 0 amide bonds. The highest BCUT2D eigenvalue weighted by Crippen LogP contribution is 2.33. The van der Waals surface area contributed by atoms with Crippen LogP contribution in [-0.4, -0.2) is 57.3 Å². The van der Waals surface area contributed by atoms with Gasteiger partial charge in [0.15, 0.2) is 5.65 Å². The van der Waals surface area contributed by atoms with Crippen molar-refractivity contribution in [2.75, 3.05) is 32.2 Å². The number of piperidine rings is 3. The Balaban J connectivity index is 1.41. The molecule has 2 N–H and O–H groups in total. The van der Waals surface area contributed by atoms with Crippen LogP contribution in [0.1, 0.15) is 12.8 Å². The molecule has 3 aliphatic heterocycles. The van der Waals surface area contributed by atoms with Gasteiger partial charge in [-0.3, -0.25) is 4.79 Å². The van der Waals surface area contributed by atoms with Crippen molar-refractivity contribution in [3.63, 3.8) is 0 Å². The predicted molar refractivity (Wildman–Crippen MR) is 145 cm³/mol. The number of nitrogens with one attached hydrogen (secondary N) is 2. The second kappa shape index (κ2) is 8.74. The molecule has 0 radical (unpaired) electrons. The van der Waals surface area contributed by atoms with Gasteiger partial charge in [-0.25, -0.2) is 14.6 Å². The van der Waals surface area contributed by atoms with E-state index < -0.39 is 0 Å². The molecule has 2 aromatic carbocycles. The van der Waals surface area contributed by atoms with E-state index in [2.05, 4.69) is 37.4 Å². The summed E-state index contributed by atoms with van der Waals surface area (Å²) in [6.07, 6.45) is 4.04. The number of imidazole rings is 1. The van der Waals surface area contributed by atoms with E-state index in [9.17, 15) is 4.79 Å². The number of nitrogens with zero attached hydrogens (tertiary/aromatic N) is 4. The monoisotopic (exact) mass is 492 g/mol. The molecular formula is C29H28N6O2. The number of pyridine rings is 2. The van der Waals surface area contributed by atoms with E-state index in [-0.39, 0.29) is 11.6 Å². The van der Waals surface area contributed by atoms with E-state index in [1.54, 1.807) is 18.0 Å². The Morgan fingerprint density at radius 3 is 2.68 bits per heavy atom. The van der Waals surface area contributed by atoms with Gasteiger partial charge < -0.3 is 20.0 Å². The second-order valence-electron chi connectivity index (χ2n) is 10.0. The van der Waals surface area contributed by atoms with Crippen molar-refractivity contribution in [2.45, 2.75) is 18.9 Å². The molecule has 8 rings (SSSR count). The summed E-state index contributed by atoms with van der Waals surface area (Å²) in [5, 5.41) is 0.945. The van der Waals surface area contributed by atoms with Crippen LogP contribution in [0.15, 0.2) is 71.7 Å². The molecule has 2 bridgehead atoms. The maximum absolute atomic E-state index is 14.0. The Hall–Kier alpha value is -4.17. The van der Waals surface area contributed by atoms with Crippen molar-refractivity contribution in [3.8, 4) is 28.3 Å². The Bertz CT molecular complexity index is 1650. The summed E-state index contributed by atoms with van der Waals surface area (Å²) >= 11 is 0. The molecule has 0 unspecified atom stereocenters. The molecular weight excluding hydrogens is 464 g/mol. The maximum Gasteiger partial charge on any atom is 0.280 e. The second-order valence-corrected chi connectivity index (χ2v) is 10.0. The fourth-order valence-corrected chi connectivity index (χ4v) is 5.92. The van der Waals surface area contributed by atoms with Gasteiger partial charge in [0, 0.05) is 23.7 Å². The number of para-hydroxylation sites is 1. The van der Waals surface area contributed by atoms with Gasteiger partial charge in [-0.1, -0.05) is 24.3 Å². The fourth-order valence-electron chi connectivity index (χ4n) is 5.92. The lowest BCUT2D eigenvalue weighted by molar-refractivity contribution is 0.0926. The van der Waals surface area contributed by atoms with E-state index in [1.807, 2.05) is 48.5 Å². The summed E-state index contributed by atoms with van der Waals surface area (Å²) in [5.74, 6) is 1.90. The van der Waals surface area contributed by atoms with Gasteiger partial charge >= 0.3 is 0 Å². The molecule has 37 heavy (non-hydrogen) atoms. The lowest BCUT2D eigenvalue weighted by atomic mass is 9.84. The summed E-state index contributed by atoms with van der Waals surface area (Å²) in [6, 6.07) is 20.1. The highest BCUT2D eigenvalue weighted by atomic mass is 16.5. The normalized spacial score (nSPS) is 20.9. The molecule has 1 atom stereocenters. The average molecular weight is 493 g/mol. The summed E-state index contributed by atoms with van der Waals surface area (Å²) in [7, 11) is 1.68. The van der Waals surface area contributed by atoms with Crippen molar-refractivity contribution in [2.24, 2.45) is 5.92 Å². The molecule has 0 saturated carbocycles. The van der Waals surface area contributed by atoms with Gasteiger partial charge in [0.05, 0.1) is 29.7 Å². The largest absolute Gasteiger partial charge is 0.496 e. The van der Waals surface area contributed by atoms with Crippen molar-refractivity contribution in [1.82, 2.24) is 24.5 Å². The number of benzene rings is 2. The molecule has 3 fully saturated rings. The topological polar surface area (TPSA) is 88.1 Å². The Morgan fingerprint density at radius 2 is 1.89 bits per heavy atom. The fraction of sp³-hybridized carbons (Fsp3) is 0.276. The zero-order valence-electron chi connectivity index (χ0n) is 20.6. The van der Waals surface area contributed by atoms with Gasteiger partial charge in [-0.05, 0) is 73.8 Å². The molecule has 186 valence electrons. The standard InChI is InChI=1S/C29H28N6O2/c1-37-26-7-3-2-5-21(26)19-8-9-25-20(15-19)16-22(27-31-23-6-4-12-30-28(23)32-27)29(36)35(25)33-24-17-34-13-10-18(24)11-14-34/h2-9,12,15-16,18,24,33H,10-11,13-14,17H2,1H3,(H,30,31,32)/t24-/m0/s1. The quantitative estimate of drug-likeness (QED) is 0.381. The van der Waals surface area contributed by atoms with Gasteiger partial charge in [0.1, 0.15) is 11.6 Å². The minimum Gasteiger partial charge on any atom is -0.496 e. The van der Waals surface area contributed by atoms with Crippen LogP contribution in [0.2, 0.25) is 0 Å². The van der Waals surface area contributed by atoms with Crippen LogP contribution >= 0.6 is 0 Å². The van der Waals surface area contributed by atoms with Crippen LogP contribution in [0.4, 0.5) is 0 Å². The van der Waals surface area contributed by atoms with Crippen molar-refractivity contribution >= 4 is 22.1 Å². The maximum atomic E-state index is 14.0. The van der Waals surface area contributed by atoms with E-state index >= 15 is 0 Å². The zero-order valence-corrected chi connectivity index (χ0v) is 20.6. The summed E-state index contributed by atoms with van der Waals surface area (Å²) in [6.45, 7) is 3.25. The summed E-state index contributed by atoms with van der Waals surface area (Å²) < 4.78 is 7.36. The van der Waals surface area contributed by atoms with Gasteiger partial charge in [-0.15, -0.1) is 0 Å². The number of hydrogen-bond acceptors (Lipinski definition) is 6. The van der Waals surface area contributed by atoms with Crippen LogP contribution in [0, 0.1) is 5.92 Å². The van der Waals surface area contributed by atoms with Crippen LogP contribution in [0.3, 0.4) is 0 Å². The van der Waals surface area contributed by atoms with Crippen molar-refractivity contribution in [3.05, 3.63) is 77.2 Å². The molecule has 5 aromatic rings. The number of hydrogen-bond donors (Lipinski definition) is 2. The van der Waals surface area contributed by atoms with Crippen molar-refractivity contribution in [1.29, 1.82) is 0 Å². The first-order valence-corrected chi connectivity index (χ1v) is 12.8. The first kappa shape index (κ1) is 22.1. The predicted octanol–water partition coefficient (Wildman–Crippen LogP) is 4.25. The Labute approximate surface area is 213 Å². The number of aromatic amines is 1. The number of rotatable bonds is 5. The summed E-state index contributed by atoms with van der Waals surface area (Å²) in [4.78, 5) is 28.8. The van der Waals surface area contributed by atoms with Gasteiger partial charge in [0.2, 0.25) is 0 Å². The lowest BCUT2D eigenvalue weighted by Crippen LogP contribution is -2.56. The van der Waals surface area contributed by atoms with E-state index in [0.717, 1.165) is 65.8 Å². The molecule has 3 saturated heterocycles. The van der Waals surface area contributed by atoms with E-state index in [0.29, 0.717) is 23.0 Å².